The molecule has 1 aromatic carbocycles. The molecule has 0 amide bonds. The Hall–Kier alpha value is -2.86. The van der Waals surface area contributed by atoms with E-state index in [2.05, 4.69) is 50.4 Å². The highest BCUT2D eigenvalue weighted by molar-refractivity contribution is 5.97. The van der Waals surface area contributed by atoms with E-state index >= 15 is 0 Å². The maximum Gasteiger partial charge on any atom is 0.173 e. The molecule has 0 saturated carbocycles. The normalized spacial score (nSPS) is 17.0. The van der Waals surface area contributed by atoms with Gasteiger partial charge in [0.2, 0.25) is 0 Å². The first-order chi connectivity index (χ1) is 14.3. The fraction of sp³-hybridized carbons (Fsp3) is 0.391. The zero-order valence-corrected chi connectivity index (χ0v) is 16.7. The highest BCUT2D eigenvalue weighted by Crippen LogP contribution is 2.20. The van der Waals surface area contributed by atoms with Crippen molar-refractivity contribution in [1.82, 2.24) is 24.6 Å². The van der Waals surface area contributed by atoms with Crippen LogP contribution in [0.5, 0.6) is 0 Å². The maximum atomic E-state index is 4.84. The van der Waals surface area contributed by atoms with Crippen molar-refractivity contribution in [3.8, 4) is 0 Å². The average Bonchev–Trinajstić information content (AvgIpc) is 3.21. The summed E-state index contributed by atoms with van der Waals surface area (Å²) in [5.74, 6) is 0.846. The van der Waals surface area contributed by atoms with Crippen LogP contribution in [-0.4, -0.2) is 43.4 Å². The third-order valence-electron chi connectivity index (χ3n) is 5.68. The molecule has 0 bridgehead atoms. The molecular formula is C23H26N6. The van der Waals surface area contributed by atoms with Gasteiger partial charge in [-0.25, -0.2) is 9.97 Å². The Morgan fingerprint density at radius 2 is 1.86 bits per heavy atom. The molecule has 0 spiro atoms. The van der Waals surface area contributed by atoms with Crippen LogP contribution in [0.25, 0.3) is 0 Å². The van der Waals surface area contributed by atoms with E-state index in [1.807, 2.05) is 23.1 Å². The van der Waals surface area contributed by atoms with Crippen LogP contribution in [0.3, 0.4) is 0 Å². The van der Waals surface area contributed by atoms with Crippen molar-refractivity contribution in [2.45, 2.75) is 45.3 Å². The van der Waals surface area contributed by atoms with E-state index in [0.29, 0.717) is 0 Å². The molecule has 2 aromatic heterocycles. The summed E-state index contributed by atoms with van der Waals surface area (Å²) in [5.41, 5.74) is 6.04. The van der Waals surface area contributed by atoms with E-state index in [-0.39, 0.29) is 0 Å². The quantitative estimate of drug-likeness (QED) is 0.675. The molecule has 0 N–H and O–H groups in total. The second kappa shape index (κ2) is 8.25. The minimum absolute atomic E-state index is 0.810. The van der Waals surface area contributed by atoms with E-state index in [9.17, 15) is 0 Å². The molecule has 3 aromatic rings. The molecule has 0 unspecified atom stereocenters. The summed E-state index contributed by atoms with van der Waals surface area (Å²) >= 11 is 0. The van der Waals surface area contributed by atoms with Crippen molar-refractivity contribution in [1.29, 1.82) is 0 Å². The van der Waals surface area contributed by atoms with Crippen LogP contribution in [0.1, 0.15) is 47.5 Å². The Morgan fingerprint density at radius 1 is 0.931 bits per heavy atom. The molecule has 148 valence electrons. The largest absolute Gasteiger partial charge is 0.294 e. The van der Waals surface area contributed by atoms with Gasteiger partial charge in [-0.3, -0.25) is 14.6 Å². The number of hydrogen-bond donors (Lipinski definition) is 0. The van der Waals surface area contributed by atoms with Crippen molar-refractivity contribution in [2.24, 2.45) is 4.99 Å². The van der Waals surface area contributed by atoms with Gasteiger partial charge in [-0.05, 0) is 24.8 Å². The van der Waals surface area contributed by atoms with Gasteiger partial charge in [0.25, 0.3) is 0 Å². The van der Waals surface area contributed by atoms with E-state index in [0.717, 1.165) is 57.1 Å². The molecule has 5 rings (SSSR count). The molecule has 6 heteroatoms. The Labute approximate surface area is 171 Å². The van der Waals surface area contributed by atoms with Crippen LogP contribution < -0.4 is 0 Å². The Morgan fingerprint density at radius 3 is 2.72 bits per heavy atom. The lowest BCUT2D eigenvalue weighted by molar-refractivity contribution is 0.242. The zero-order valence-electron chi connectivity index (χ0n) is 16.7. The van der Waals surface area contributed by atoms with Gasteiger partial charge < -0.3 is 0 Å². The second-order valence-electron chi connectivity index (χ2n) is 7.94. The molecule has 0 aliphatic carbocycles. The number of hydrogen-bond acceptors (Lipinski definition) is 5. The lowest BCUT2D eigenvalue weighted by atomic mass is 10.1. The van der Waals surface area contributed by atoms with Gasteiger partial charge in [0.05, 0.1) is 24.1 Å². The molecule has 0 saturated heterocycles. The second-order valence-corrected chi connectivity index (χ2v) is 7.94. The zero-order chi connectivity index (χ0) is 19.5. The van der Waals surface area contributed by atoms with Gasteiger partial charge in [-0.2, -0.15) is 5.10 Å². The molecule has 2 aliphatic heterocycles. The number of fused-ring (bicyclic) bond motifs is 1. The van der Waals surface area contributed by atoms with Gasteiger partial charge in [0.1, 0.15) is 0 Å². The summed E-state index contributed by atoms with van der Waals surface area (Å²) in [6, 6.07) is 10.5. The lowest BCUT2D eigenvalue weighted by Gasteiger charge is -2.27. The third kappa shape index (κ3) is 4.27. The monoisotopic (exact) mass is 386 g/mol. The Balaban J connectivity index is 1.23. The standard InChI is InChI=1S/C23H26N6/c1-2-6-18(7-3-1)15-29-16-19(12-26-29)14-28-11-9-21-20(17-28)13-25-23(27-21)22-8-4-5-10-24-22/h1-3,6-7,12-13,16H,4-5,8-11,14-15,17H2. The average molecular weight is 387 g/mol. The van der Waals surface area contributed by atoms with Crippen molar-refractivity contribution in [3.05, 3.63) is 77.1 Å². The van der Waals surface area contributed by atoms with Crippen molar-refractivity contribution < 1.29 is 0 Å². The molecular weight excluding hydrogens is 360 g/mol. The number of nitrogens with zero attached hydrogens (tertiary/aromatic N) is 6. The summed E-state index contributed by atoms with van der Waals surface area (Å²) in [7, 11) is 0. The number of benzene rings is 1. The van der Waals surface area contributed by atoms with Gasteiger partial charge in [0, 0.05) is 56.1 Å². The van der Waals surface area contributed by atoms with Gasteiger partial charge in [0.15, 0.2) is 5.82 Å². The van der Waals surface area contributed by atoms with E-state index in [4.69, 9.17) is 4.98 Å². The summed E-state index contributed by atoms with van der Waals surface area (Å²) in [4.78, 5) is 16.5. The molecule has 4 heterocycles. The Bertz CT molecular complexity index is 1010. The number of aliphatic imine (C=N–C) groups is 1. The molecule has 29 heavy (non-hydrogen) atoms. The predicted octanol–water partition coefficient (Wildman–Crippen LogP) is 3.25. The minimum Gasteiger partial charge on any atom is -0.294 e. The van der Waals surface area contributed by atoms with Crippen LogP contribution >= 0.6 is 0 Å². The van der Waals surface area contributed by atoms with Gasteiger partial charge >= 0.3 is 0 Å². The predicted molar refractivity (Wildman–Crippen MR) is 113 cm³/mol. The first kappa shape index (κ1) is 18.2. The van der Waals surface area contributed by atoms with Gasteiger partial charge in [-0.1, -0.05) is 30.3 Å². The van der Waals surface area contributed by atoms with Crippen molar-refractivity contribution in [3.63, 3.8) is 0 Å². The highest BCUT2D eigenvalue weighted by Gasteiger charge is 2.20. The Kier molecular flexibility index (Phi) is 5.17. The molecule has 6 nitrogen and oxygen atoms in total. The van der Waals surface area contributed by atoms with E-state index in [1.54, 1.807) is 0 Å². The van der Waals surface area contributed by atoms with Crippen molar-refractivity contribution >= 4 is 5.71 Å². The van der Waals surface area contributed by atoms with Crippen LogP contribution in [0.2, 0.25) is 0 Å². The minimum atomic E-state index is 0.810. The number of rotatable bonds is 5. The molecule has 0 radical (unpaired) electrons. The SMILES string of the molecule is c1ccc(Cn2cc(CN3CCc4nc(C5=NCCCC5)ncc4C3)cn2)cc1. The fourth-order valence-corrected chi connectivity index (χ4v) is 4.13. The van der Waals surface area contributed by atoms with Crippen LogP contribution in [0, 0.1) is 0 Å². The maximum absolute atomic E-state index is 4.84. The first-order valence-electron chi connectivity index (χ1n) is 10.5. The van der Waals surface area contributed by atoms with Crippen LogP contribution in [-0.2, 0) is 26.1 Å². The van der Waals surface area contributed by atoms with Crippen LogP contribution in [0.15, 0.2) is 53.9 Å². The summed E-state index contributed by atoms with van der Waals surface area (Å²) in [6.07, 6.45) is 10.5. The van der Waals surface area contributed by atoms with E-state index < -0.39 is 0 Å². The number of aromatic nitrogens is 4. The summed E-state index contributed by atoms with van der Waals surface area (Å²) in [5, 5.41) is 4.54. The third-order valence-corrected chi connectivity index (χ3v) is 5.68. The fourth-order valence-electron chi connectivity index (χ4n) is 4.13. The molecule has 0 atom stereocenters. The van der Waals surface area contributed by atoms with Gasteiger partial charge in [-0.15, -0.1) is 0 Å². The summed E-state index contributed by atoms with van der Waals surface area (Å²) < 4.78 is 2.02. The molecule has 2 aliphatic rings. The molecule has 0 fully saturated rings. The smallest absolute Gasteiger partial charge is 0.173 e. The van der Waals surface area contributed by atoms with Crippen LogP contribution in [0.4, 0.5) is 0 Å². The van der Waals surface area contributed by atoms with E-state index in [1.165, 1.54) is 35.2 Å². The first-order valence-corrected chi connectivity index (χ1v) is 10.5. The highest BCUT2D eigenvalue weighted by atomic mass is 15.3. The van der Waals surface area contributed by atoms with Crippen molar-refractivity contribution in [2.75, 3.05) is 13.1 Å². The topological polar surface area (TPSA) is 59.2 Å². The summed E-state index contributed by atoms with van der Waals surface area (Å²) in [6.45, 7) is 4.54. The lowest BCUT2D eigenvalue weighted by Crippen LogP contribution is -2.31.